The minimum Gasteiger partial charge on any atom is -0.444 e. The zero-order valence-corrected chi connectivity index (χ0v) is 15.4. The number of amides is 3. The van der Waals surface area contributed by atoms with E-state index in [2.05, 4.69) is 10.6 Å². The summed E-state index contributed by atoms with van der Waals surface area (Å²) in [7, 11) is 0. The number of carbonyl (C=O) groups excluding carboxylic acids is 2. The van der Waals surface area contributed by atoms with Crippen LogP contribution in [-0.4, -0.2) is 48.3 Å². The third kappa shape index (κ3) is 7.03. The third-order valence-electron chi connectivity index (χ3n) is 4.02. The molecule has 3 amide bonds. The minimum atomic E-state index is -0.481. The highest BCUT2D eigenvalue weighted by Gasteiger charge is 2.27. The van der Waals surface area contributed by atoms with Crippen LogP contribution < -0.4 is 10.6 Å². The van der Waals surface area contributed by atoms with E-state index in [1.165, 1.54) is 5.56 Å². The first-order valence-electron chi connectivity index (χ1n) is 8.90. The van der Waals surface area contributed by atoms with Gasteiger partial charge in [0.05, 0.1) is 0 Å². The van der Waals surface area contributed by atoms with Gasteiger partial charge in [0.1, 0.15) is 5.60 Å². The Morgan fingerprint density at radius 3 is 2.40 bits per heavy atom. The Hall–Kier alpha value is -2.24. The first-order valence-corrected chi connectivity index (χ1v) is 8.90. The van der Waals surface area contributed by atoms with Crippen molar-refractivity contribution in [3.8, 4) is 0 Å². The highest BCUT2D eigenvalue weighted by Crippen LogP contribution is 2.15. The predicted octanol–water partition coefficient (Wildman–Crippen LogP) is 2.93. The van der Waals surface area contributed by atoms with Crippen molar-refractivity contribution in [2.24, 2.45) is 0 Å². The molecule has 6 heteroatoms. The van der Waals surface area contributed by atoms with Gasteiger partial charge in [-0.15, -0.1) is 0 Å². The molecule has 0 spiro atoms. The highest BCUT2D eigenvalue weighted by atomic mass is 16.6. The fraction of sp³-hybridized carbons (Fsp3) is 0.579. The van der Waals surface area contributed by atoms with Crippen LogP contribution >= 0.6 is 0 Å². The summed E-state index contributed by atoms with van der Waals surface area (Å²) in [5.74, 6) is 0. The van der Waals surface area contributed by atoms with Crippen molar-refractivity contribution < 1.29 is 14.3 Å². The van der Waals surface area contributed by atoms with Gasteiger partial charge in [-0.25, -0.2) is 9.59 Å². The Balaban J connectivity index is 1.64. The monoisotopic (exact) mass is 347 g/mol. The Kier molecular flexibility index (Phi) is 6.67. The van der Waals surface area contributed by atoms with E-state index in [1.807, 2.05) is 51.1 Å². The summed E-state index contributed by atoms with van der Waals surface area (Å²) < 4.78 is 5.38. The Bertz CT molecular complexity index is 561. The summed E-state index contributed by atoms with van der Waals surface area (Å²) >= 11 is 0. The van der Waals surface area contributed by atoms with Gasteiger partial charge in [-0.2, -0.15) is 0 Å². The summed E-state index contributed by atoms with van der Waals surface area (Å²) in [6.07, 6.45) is 2.01. The van der Waals surface area contributed by atoms with Crippen LogP contribution in [0.4, 0.5) is 9.59 Å². The van der Waals surface area contributed by atoms with Gasteiger partial charge in [0.2, 0.25) is 0 Å². The Morgan fingerprint density at radius 2 is 1.80 bits per heavy atom. The lowest BCUT2D eigenvalue weighted by Gasteiger charge is -2.33. The van der Waals surface area contributed by atoms with Crippen molar-refractivity contribution >= 4 is 12.1 Å². The second kappa shape index (κ2) is 8.74. The number of piperidine rings is 1. The van der Waals surface area contributed by atoms with Crippen molar-refractivity contribution in [2.45, 2.75) is 51.7 Å². The van der Waals surface area contributed by atoms with Gasteiger partial charge in [-0.05, 0) is 45.6 Å². The first kappa shape index (κ1) is 19.1. The molecule has 0 radical (unpaired) electrons. The normalized spacial score (nSPS) is 15.6. The molecular formula is C19H29N3O3. The zero-order chi connectivity index (χ0) is 18.3. The van der Waals surface area contributed by atoms with Crippen molar-refractivity contribution in [3.63, 3.8) is 0 Å². The molecule has 1 fully saturated rings. The lowest BCUT2D eigenvalue weighted by atomic mass is 10.1. The molecule has 1 heterocycles. The number of hydrogen-bond acceptors (Lipinski definition) is 3. The van der Waals surface area contributed by atoms with Gasteiger partial charge >= 0.3 is 12.1 Å². The molecule has 1 aliphatic heterocycles. The van der Waals surface area contributed by atoms with E-state index in [4.69, 9.17) is 4.74 Å². The summed E-state index contributed by atoms with van der Waals surface area (Å²) in [5, 5.41) is 5.87. The molecule has 138 valence electrons. The van der Waals surface area contributed by atoms with E-state index in [-0.39, 0.29) is 18.2 Å². The molecule has 2 N–H and O–H groups in total. The van der Waals surface area contributed by atoms with Crippen molar-refractivity contribution in [1.82, 2.24) is 15.5 Å². The van der Waals surface area contributed by atoms with Crippen LogP contribution in [0.25, 0.3) is 0 Å². The Labute approximate surface area is 149 Å². The van der Waals surface area contributed by atoms with Crippen molar-refractivity contribution in [2.75, 3.05) is 19.6 Å². The molecule has 0 unspecified atom stereocenters. The summed E-state index contributed by atoms with van der Waals surface area (Å²) in [6.45, 7) is 7.39. The third-order valence-corrected chi connectivity index (χ3v) is 4.02. The topological polar surface area (TPSA) is 70.7 Å². The minimum absolute atomic E-state index is 0.0930. The van der Waals surface area contributed by atoms with E-state index < -0.39 is 5.60 Å². The SMILES string of the molecule is CC(C)(C)OC(=O)N1CCC(NC(=O)NCCc2ccccc2)CC1. The number of ether oxygens (including phenoxy) is 1. The van der Waals surface area contributed by atoms with Gasteiger partial charge < -0.3 is 20.3 Å². The molecule has 1 aliphatic rings. The number of rotatable bonds is 4. The van der Waals surface area contributed by atoms with Gasteiger partial charge in [0.25, 0.3) is 0 Å². The molecule has 2 rings (SSSR count). The number of hydrogen-bond donors (Lipinski definition) is 2. The standard InChI is InChI=1S/C19H29N3O3/c1-19(2,3)25-18(24)22-13-10-16(11-14-22)21-17(23)20-12-9-15-7-5-4-6-8-15/h4-8,16H,9-14H2,1-3H3,(H2,20,21,23). The van der Waals surface area contributed by atoms with Crippen LogP contribution in [0.1, 0.15) is 39.2 Å². The smallest absolute Gasteiger partial charge is 0.410 e. The summed E-state index contributed by atoms with van der Waals surface area (Å²) in [6, 6.07) is 10.0. The molecule has 25 heavy (non-hydrogen) atoms. The molecule has 1 aromatic rings. The fourth-order valence-corrected chi connectivity index (χ4v) is 2.73. The van der Waals surface area contributed by atoms with Gasteiger partial charge in [0.15, 0.2) is 0 Å². The van der Waals surface area contributed by atoms with Gasteiger partial charge in [-0.3, -0.25) is 0 Å². The molecule has 1 aromatic carbocycles. The summed E-state index contributed by atoms with van der Waals surface area (Å²) in [4.78, 5) is 25.7. The zero-order valence-electron chi connectivity index (χ0n) is 15.4. The molecule has 0 atom stereocenters. The molecule has 0 aliphatic carbocycles. The van der Waals surface area contributed by atoms with Gasteiger partial charge in [-0.1, -0.05) is 30.3 Å². The second-order valence-electron chi connectivity index (χ2n) is 7.38. The van der Waals surface area contributed by atoms with E-state index >= 15 is 0 Å². The average Bonchev–Trinajstić information content (AvgIpc) is 2.55. The number of benzene rings is 1. The average molecular weight is 347 g/mol. The number of carbonyl (C=O) groups is 2. The molecule has 0 bridgehead atoms. The van der Waals surface area contributed by atoms with Crippen LogP contribution in [-0.2, 0) is 11.2 Å². The quantitative estimate of drug-likeness (QED) is 0.880. The Morgan fingerprint density at radius 1 is 1.16 bits per heavy atom. The van der Waals surface area contributed by atoms with E-state index in [0.29, 0.717) is 19.6 Å². The predicted molar refractivity (Wildman–Crippen MR) is 97.5 cm³/mol. The van der Waals surface area contributed by atoms with E-state index in [9.17, 15) is 9.59 Å². The lowest BCUT2D eigenvalue weighted by molar-refractivity contribution is 0.0201. The van der Waals surface area contributed by atoms with Crippen molar-refractivity contribution in [3.05, 3.63) is 35.9 Å². The molecule has 6 nitrogen and oxygen atoms in total. The molecule has 0 aromatic heterocycles. The fourth-order valence-electron chi connectivity index (χ4n) is 2.73. The van der Waals surface area contributed by atoms with Crippen LogP contribution in [0.3, 0.4) is 0 Å². The van der Waals surface area contributed by atoms with E-state index in [0.717, 1.165) is 19.3 Å². The largest absolute Gasteiger partial charge is 0.444 e. The lowest BCUT2D eigenvalue weighted by Crippen LogP contribution is -2.50. The van der Waals surface area contributed by atoms with Crippen molar-refractivity contribution in [1.29, 1.82) is 0 Å². The maximum atomic E-state index is 12.0. The van der Waals surface area contributed by atoms with Crippen LogP contribution in [0.5, 0.6) is 0 Å². The number of urea groups is 1. The first-order chi connectivity index (χ1) is 11.8. The maximum absolute atomic E-state index is 12.0. The highest BCUT2D eigenvalue weighted by molar-refractivity contribution is 5.74. The number of nitrogens with zero attached hydrogens (tertiary/aromatic N) is 1. The molecule has 0 saturated carbocycles. The number of likely N-dealkylation sites (tertiary alicyclic amines) is 1. The van der Waals surface area contributed by atoms with E-state index in [1.54, 1.807) is 4.90 Å². The molecular weight excluding hydrogens is 318 g/mol. The van der Waals surface area contributed by atoms with Crippen LogP contribution in [0.15, 0.2) is 30.3 Å². The van der Waals surface area contributed by atoms with Crippen LogP contribution in [0, 0.1) is 0 Å². The maximum Gasteiger partial charge on any atom is 0.410 e. The number of nitrogens with one attached hydrogen (secondary N) is 2. The van der Waals surface area contributed by atoms with Crippen LogP contribution in [0.2, 0.25) is 0 Å². The van der Waals surface area contributed by atoms with Gasteiger partial charge in [0, 0.05) is 25.7 Å². The molecule has 1 saturated heterocycles. The summed E-state index contributed by atoms with van der Waals surface area (Å²) in [5.41, 5.74) is 0.721. The second-order valence-corrected chi connectivity index (χ2v) is 7.38.